The van der Waals surface area contributed by atoms with Crippen LogP contribution in [0.5, 0.6) is 0 Å². The van der Waals surface area contributed by atoms with Crippen molar-refractivity contribution < 1.29 is 19.1 Å². The van der Waals surface area contributed by atoms with Gasteiger partial charge in [0.15, 0.2) is 0 Å². The summed E-state index contributed by atoms with van der Waals surface area (Å²) in [4.78, 5) is 34.5. The summed E-state index contributed by atoms with van der Waals surface area (Å²) in [5, 5.41) is 3.34. The molecule has 0 aliphatic rings. The first-order valence-corrected chi connectivity index (χ1v) is 7.77. The van der Waals surface area contributed by atoms with E-state index in [1.165, 1.54) is 0 Å². The van der Waals surface area contributed by atoms with Crippen molar-refractivity contribution in [3.05, 3.63) is 33.8 Å². The zero-order valence-electron chi connectivity index (χ0n) is 12.6. The maximum Gasteiger partial charge on any atom is 0.306 e. The fraction of sp³-hybridized carbons (Fsp3) is 0.400. The van der Waals surface area contributed by atoms with E-state index in [0.717, 1.165) is 0 Å². The number of halogens is 2. The first-order valence-electron chi connectivity index (χ1n) is 7.01. The van der Waals surface area contributed by atoms with Gasteiger partial charge in [-0.1, -0.05) is 29.3 Å². The fourth-order valence-corrected chi connectivity index (χ4v) is 2.33. The van der Waals surface area contributed by atoms with E-state index in [9.17, 15) is 14.4 Å². The van der Waals surface area contributed by atoms with Crippen LogP contribution in [0.15, 0.2) is 18.2 Å². The highest BCUT2D eigenvalue weighted by Crippen LogP contribution is 2.22. The highest BCUT2D eigenvalue weighted by Gasteiger charge is 2.20. The molecule has 0 spiro atoms. The molecule has 0 radical (unpaired) electrons. The number of rotatable bonds is 8. The van der Waals surface area contributed by atoms with Crippen molar-refractivity contribution in [1.29, 1.82) is 0 Å². The smallest absolute Gasteiger partial charge is 0.306 e. The molecule has 0 saturated carbocycles. The highest BCUT2D eigenvalue weighted by atomic mass is 35.5. The number of hydrogen-bond acceptors (Lipinski definition) is 4. The fourth-order valence-electron chi connectivity index (χ4n) is 1.85. The number of primary amides is 1. The second-order valence-electron chi connectivity index (χ2n) is 4.77. The zero-order valence-corrected chi connectivity index (χ0v) is 14.1. The third-order valence-corrected chi connectivity index (χ3v) is 3.57. The second-order valence-corrected chi connectivity index (χ2v) is 5.61. The van der Waals surface area contributed by atoms with Crippen molar-refractivity contribution in [2.75, 3.05) is 6.61 Å². The van der Waals surface area contributed by atoms with E-state index < -0.39 is 23.8 Å². The minimum absolute atomic E-state index is 0.0626. The van der Waals surface area contributed by atoms with Crippen LogP contribution < -0.4 is 11.1 Å². The van der Waals surface area contributed by atoms with Gasteiger partial charge >= 0.3 is 5.97 Å². The van der Waals surface area contributed by atoms with Crippen molar-refractivity contribution in [3.63, 3.8) is 0 Å². The lowest BCUT2D eigenvalue weighted by Gasteiger charge is -2.16. The third kappa shape index (κ3) is 6.88. The maximum atomic E-state index is 11.8. The molecule has 6 nitrogen and oxygen atoms in total. The maximum absolute atomic E-state index is 11.8. The van der Waals surface area contributed by atoms with Crippen LogP contribution in [0.25, 0.3) is 0 Å². The van der Waals surface area contributed by atoms with E-state index in [-0.39, 0.29) is 25.9 Å². The Bertz CT molecular complexity index is 593. The van der Waals surface area contributed by atoms with E-state index in [1.807, 2.05) is 0 Å². The monoisotopic (exact) mass is 360 g/mol. The Balaban J connectivity index is 2.63. The van der Waals surface area contributed by atoms with Crippen LogP contribution in [0.2, 0.25) is 10.0 Å². The Labute approximate surface area is 144 Å². The lowest BCUT2D eigenvalue weighted by Crippen LogP contribution is -2.46. The molecule has 0 heterocycles. The molecule has 0 bridgehead atoms. The molecular weight excluding hydrogens is 343 g/mol. The Morgan fingerprint density at radius 2 is 1.96 bits per heavy atom. The average Bonchev–Trinajstić information content (AvgIpc) is 2.47. The number of nitrogens with two attached hydrogens (primary N) is 1. The van der Waals surface area contributed by atoms with Gasteiger partial charge in [-0.3, -0.25) is 14.4 Å². The SMILES string of the molecule is CCOC(=O)CCC(=O)N[C@H](Cc1ccc(Cl)cc1Cl)C(N)=O. The van der Waals surface area contributed by atoms with Crippen LogP contribution in [0.4, 0.5) is 0 Å². The van der Waals surface area contributed by atoms with Crippen molar-refractivity contribution in [1.82, 2.24) is 5.32 Å². The van der Waals surface area contributed by atoms with Gasteiger partial charge in [0.05, 0.1) is 13.0 Å². The van der Waals surface area contributed by atoms with Gasteiger partial charge in [-0.15, -0.1) is 0 Å². The largest absolute Gasteiger partial charge is 0.466 e. The molecule has 0 fully saturated rings. The third-order valence-electron chi connectivity index (χ3n) is 2.98. The Morgan fingerprint density at radius 1 is 1.26 bits per heavy atom. The minimum Gasteiger partial charge on any atom is -0.466 e. The van der Waals surface area contributed by atoms with Gasteiger partial charge in [-0.2, -0.15) is 0 Å². The van der Waals surface area contributed by atoms with Gasteiger partial charge in [-0.25, -0.2) is 0 Å². The summed E-state index contributed by atoms with van der Waals surface area (Å²) in [7, 11) is 0. The Kier molecular flexibility index (Phi) is 7.85. The molecule has 0 aliphatic heterocycles. The van der Waals surface area contributed by atoms with Gasteiger partial charge in [0, 0.05) is 22.9 Å². The number of nitrogens with one attached hydrogen (secondary N) is 1. The van der Waals surface area contributed by atoms with E-state index in [1.54, 1.807) is 25.1 Å². The van der Waals surface area contributed by atoms with Gasteiger partial charge in [0.1, 0.15) is 6.04 Å². The summed E-state index contributed by atoms with van der Waals surface area (Å²) in [5.74, 6) is -1.63. The average molecular weight is 361 g/mol. The van der Waals surface area contributed by atoms with Crippen molar-refractivity contribution >= 4 is 41.0 Å². The molecule has 3 N–H and O–H groups in total. The molecular formula is C15H18Cl2N2O4. The van der Waals surface area contributed by atoms with Crippen LogP contribution in [0.3, 0.4) is 0 Å². The molecule has 1 aromatic carbocycles. The van der Waals surface area contributed by atoms with Gasteiger partial charge in [-0.05, 0) is 24.6 Å². The molecule has 0 unspecified atom stereocenters. The van der Waals surface area contributed by atoms with E-state index >= 15 is 0 Å². The number of esters is 1. The number of benzene rings is 1. The molecule has 1 aromatic rings. The van der Waals surface area contributed by atoms with Crippen molar-refractivity contribution in [2.45, 2.75) is 32.2 Å². The number of hydrogen-bond donors (Lipinski definition) is 2. The number of carbonyl (C=O) groups excluding carboxylic acids is 3. The van der Waals surface area contributed by atoms with Gasteiger partial charge in [0.2, 0.25) is 11.8 Å². The quantitative estimate of drug-likeness (QED) is 0.691. The first kappa shape index (κ1) is 19.3. The predicted molar refractivity (Wildman–Crippen MR) is 87.2 cm³/mol. The highest BCUT2D eigenvalue weighted by molar-refractivity contribution is 6.35. The minimum atomic E-state index is -0.927. The normalized spacial score (nSPS) is 11.6. The summed E-state index contributed by atoms with van der Waals surface area (Å²) in [5.41, 5.74) is 5.93. The molecule has 0 aliphatic carbocycles. The van der Waals surface area contributed by atoms with E-state index in [0.29, 0.717) is 15.6 Å². The molecule has 8 heteroatoms. The summed E-state index contributed by atoms with van der Waals surface area (Å²) < 4.78 is 4.73. The number of carbonyl (C=O) groups is 3. The second kappa shape index (κ2) is 9.37. The summed E-state index contributed by atoms with van der Waals surface area (Å²) in [6.45, 7) is 1.93. The lowest BCUT2D eigenvalue weighted by atomic mass is 10.0. The van der Waals surface area contributed by atoms with Crippen LogP contribution in [-0.4, -0.2) is 30.4 Å². The summed E-state index contributed by atoms with van der Waals surface area (Å²) >= 11 is 11.8. The standard InChI is InChI=1S/C15H18Cl2N2O4/c1-2-23-14(21)6-5-13(20)19-12(15(18)22)7-9-3-4-10(16)8-11(9)17/h3-4,8,12H,2,5-7H2,1H3,(H2,18,22)(H,19,20)/t12-/m1/s1. The lowest BCUT2D eigenvalue weighted by molar-refractivity contribution is -0.144. The van der Waals surface area contributed by atoms with Crippen LogP contribution >= 0.6 is 23.2 Å². The number of amides is 2. The Morgan fingerprint density at radius 3 is 2.52 bits per heavy atom. The predicted octanol–water partition coefficient (Wildman–Crippen LogP) is 1.85. The van der Waals surface area contributed by atoms with Crippen LogP contribution in [0, 0.1) is 0 Å². The first-order chi connectivity index (χ1) is 10.8. The molecule has 23 heavy (non-hydrogen) atoms. The molecule has 1 atom stereocenters. The molecule has 1 rings (SSSR count). The van der Waals surface area contributed by atoms with Crippen LogP contribution in [0.1, 0.15) is 25.3 Å². The van der Waals surface area contributed by atoms with Crippen molar-refractivity contribution in [2.24, 2.45) is 5.73 Å². The Hall–Kier alpha value is -1.79. The van der Waals surface area contributed by atoms with Crippen molar-refractivity contribution in [3.8, 4) is 0 Å². The summed E-state index contributed by atoms with van der Waals surface area (Å²) in [6.07, 6.45) is -0.0136. The van der Waals surface area contributed by atoms with Gasteiger partial charge in [0.25, 0.3) is 0 Å². The van der Waals surface area contributed by atoms with Gasteiger partial charge < -0.3 is 15.8 Å². The van der Waals surface area contributed by atoms with E-state index in [4.69, 9.17) is 33.7 Å². The number of ether oxygens (including phenoxy) is 1. The molecule has 0 aromatic heterocycles. The topological polar surface area (TPSA) is 98.5 Å². The summed E-state index contributed by atoms with van der Waals surface area (Å²) in [6, 6.07) is 3.90. The van der Waals surface area contributed by atoms with Crippen LogP contribution in [-0.2, 0) is 25.5 Å². The molecule has 2 amide bonds. The zero-order chi connectivity index (χ0) is 17.4. The molecule has 126 valence electrons. The molecule has 0 saturated heterocycles. The van der Waals surface area contributed by atoms with E-state index in [2.05, 4.69) is 5.32 Å².